The topological polar surface area (TPSA) is 163 Å². The highest BCUT2D eigenvalue weighted by molar-refractivity contribution is 7.86. The highest BCUT2D eigenvalue weighted by atomic mass is 32.2. The van der Waals surface area contributed by atoms with Crippen LogP contribution in [0.4, 0.5) is 33.5 Å². The van der Waals surface area contributed by atoms with Crippen LogP contribution in [0.2, 0.25) is 0 Å². The van der Waals surface area contributed by atoms with Gasteiger partial charge >= 0.3 is 6.09 Å². The number of aryl methyl sites for hydroxylation is 3. The van der Waals surface area contributed by atoms with Crippen LogP contribution in [0, 0.1) is 13.8 Å². The van der Waals surface area contributed by atoms with E-state index in [0.717, 1.165) is 30.4 Å². The number of nitrogens with zero attached hydrogens (tertiary/aromatic N) is 7. The normalized spacial score (nSPS) is 16.2. The molecule has 7 rings (SSSR count). The Kier molecular flexibility index (Phi) is 12.0. The third kappa shape index (κ3) is 9.24. The smallest absolute Gasteiger partial charge is 0.414 e. The maximum Gasteiger partial charge on any atom is 0.414 e. The molecule has 15 nitrogen and oxygen atoms in total. The summed E-state index contributed by atoms with van der Waals surface area (Å²) >= 11 is 0. The molecule has 5 aromatic rings. The number of aromatic nitrogens is 5. The highest BCUT2D eigenvalue weighted by Crippen LogP contribution is 2.40. The molecule has 1 atom stereocenters. The summed E-state index contributed by atoms with van der Waals surface area (Å²) in [7, 11) is -3.87. The summed E-state index contributed by atoms with van der Waals surface area (Å²) in [5.41, 5.74) is 3.80. The zero-order chi connectivity index (χ0) is 41.0. The number of ether oxygens (including phenoxy) is 2. The van der Waals surface area contributed by atoms with Crippen LogP contribution in [0.15, 0.2) is 89.0 Å². The Hall–Kier alpha value is -5.58. The van der Waals surface area contributed by atoms with Crippen LogP contribution in [0.1, 0.15) is 70.2 Å². The minimum absolute atomic E-state index is 0.0229. The molecule has 1 saturated heterocycles. The molecule has 0 saturated carbocycles. The molecular formula is C42H50N8O7S. The predicted molar refractivity (Wildman–Crippen MR) is 223 cm³/mol. The number of anilines is 5. The Morgan fingerprint density at radius 2 is 1.81 bits per heavy atom. The number of carbonyl (C=O) groups excluding carboxylic acids is 1. The van der Waals surface area contributed by atoms with Crippen LogP contribution in [-0.4, -0.2) is 70.7 Å². The van der Waals surface area contributed by atoms with Crippen molar-refractivity contribution in [2.45, 2.75) is 90.0 Å². The lowest BCUT2D eigenvalue weighted by molar-refractivity contribution is -0.0394. The fraction of sp³-hybridized carbons (Fsp3) is 0.405. The molecule has 0 spiro atoms. The van der Waals surface area contributed by atoms with Crippen molar-refractivity contribution in [3.63, 3.8) is 0 Å². The molecule has 1 amide bonds. The standard InChI is InChI=1S/C42H50N8O7S/c1-29-16-18-33(19-17-29)58(53,54)56-24-10-7-6-9-20-49-38-31(26-43-40(46-38)45-32-27-44-50(28-32)36-15-8-11-23-55-36)25-35(39(49)51)47-21-22-48(41(52)57-42(3,4)5)37-30(2)13-12-14-34(37)47/h6-7,12-14,16-19,25-28,36H,8-11,15,20-24H2,1-5H3,(H,43,45,46)/b7-6-. The first kappa shape index (κ1) is 40.6. The van der Waals surface area contributed by atoms with Crippen molar-refractivity contribution in [3.8, 4) is 0 Å². The largest absolute Gasteiger partial charge is 0.443 e. The van der Waals surface area contributed by atoms with Gasteiger partial charge in [-0.25, -0.2) is 14.5 Å². The van der Waals surface area contributed by atoms with Gasteiger partial charge in [-0.3, -0.25) is 18.4 Å². The van der Waals surface area contributed by atoms with Crippen molar-refractivity contribution in [3.05, 3.63) is 101 Å². The number of hydrogen-bond acceptors (Lipinski definition) is 12. The van der Waals surface area contributed by atoms with Gasteiger partial charge in [0.15, 0.2) is 0 Å². The second kappa shape index (κ2) is 17.1. The van der Waals surface area contributed by atoms with Gasteiger partial charge in [0.25, 0.3) is 15.7 Å². The summed E-state index contributed by atoms with van der Waals surface area (Å²) in [6, 6.07) is 14.1. The first-order valence-corrected chi connectivity index (χ1v) is 21.0. The van der Waals surface area contributed by atoms with Gasteiger partial charge in [-0.2, -0.15) is 18.5 Å². The van der Waals surface area contributed by atoms with E-state index in [2.05, 4.69) is 15.4 Å². The van der Waals surface area contributed by atoms with E-state index in [9.17, 15) is 18.0 Å². The van der Waals surface area contributed by atoms with Crippen molar-refractivity contribution in [2.24, 2.45) is 0 Å². The second-order valence-electron chi connectivity index (χ2n) is 15.5. The quantitative estimate of drug-likeness (QED) is 0.0744. The van der Waals surface area contributed by atoms with Gasteiger partial charge in [0.05, 0.1) is 41.0 Å². The highest BCUT2D eigenvalue weighted by Gasteiger charge is 2.33. The molecular weight excluding hydrogens is 761 g/mol. The fourth-order valence-electron chi connectivity index (χ4n) is 7.06. The molecule has 2 aliphatic heterocycles. The van der Waals surface area contributed by atoms with Gasteiger partial charge < -0.3 is 19.7 Å². The number of amides is 1. The number of carbonyl (C=O) groups is 1. The zero-order valence-electron chi connectivity index (χ0n) is 33.6. The molecule has 5 heterocycles. The van der Waals surface area contributed by atoms with Crippen molar-refractivity contribution in [1.82, 2.24) is 24.3 Å². The Balaban J connectivity index is 1.16. The molecule has 2 aromatic carbocycles. The zero-order valence-corrected chi connectivity index (χ0v) is 34.4. The van der Waals surface area contributed by atoms with Gasteiger partial charge in [-0.05, 0) is 96.6 Å². The molecule has 1 N–H and O–H groups in total. The third-order valence-corrected chi connectivity index (χ3v) is 11.2. The molecule has 3 aromatic heterocycles. The lowest BCUT2D eigenvalue weighted by Gasteiger charge is -2.39. The number of nitrogens with one attached hydrogen (secondary N) is 1. The number of rotatable bonds is 12. The Labute approximate surface area is 338 Å². The minimum Gasteiger partial charge on any atom is -0.443 e. The van der Waals surface area contributed by atoms with Gasteiger partial charge in [0.2, 0.25) is 5.95 Å². The van der Waals surface area contributed by atoms with Gasteiger partial charge in [0, 0.05) is 37.8 Å². The molecule has 2 aliphatic rings. The summed E-state index contributed by atoms with van der Waals surface area (Å²) in [4.78, 5) is 41.2. The number of fused-ring (bicyclic) bond motifs is 2. The molecule has 16 heteroatoms. The minimum atomic E-state index is -3.87. The van der Waals surface area contributed by atoms with E-state index < -0.39 is 21.8 Å². The first-order valence-electron chi connectivity index (χ1n) is 19.6. The van der Waals surface area contributed by atoms with Crippen molar-refractivity contribution in [2.75, 3.05) is 41.4 Å². The van der Waals surface area contributed by atoms with Crippen LogP contribution in [-0.2, 0) is 30.3 Å². The lowest BCUT2D eigenvalue weighted by Crippen LogP contribution is -2.46. The summed E-state index contributed by atoms with van der Waals surface area (Å²) in [6.45, 7) is 10.9. The maximum atomic E-state index is 14.7. The molecule has 0 aliphatic carbocycles. The summed E-state index contributed by atoms with van der Waals surface area (Å²) in [6.07, 6.45) is 12.2. The van der Waals surface area contributed by atoms with Crippen LogP contribution < -0.4 is 20.7 Å². The van der Waals surface area contributed by atoms with Crippen LogP contribution in [0.25, 0.3) is 11.0 Å². The van der Waals surface area contributed by atoms with E-state index >= 15 is 0 Å². The average molecular weight is 811 g/mol. The van der Waals surface area contributed by atoms with Gasteiger partial charge in [-0.1, -0.05) is 42.0 Å². The van der Waals surface area contributed by atoms with Crippen molar-refractivity contribution >= 4 is 55.9 Å². The molecule has 1 unspecified atom stereocenters. The number of allylic oxidation sites excluding steroid dienone is 1. The summed E-state index contributed by atoms with van der Waals surface area (Å²) in [5, 5.41) is 8.37. The van der Waals surface area contributed by atoms with E-state index in [-0.39, 0.29) is 29.8 Å². The van der Waals surface area contributed by atoms with Crippen LogP contribution in [0.5, 0.6) is 0 Å². The van der Waals surface area contributed by atoms with Crippen molar-refractivity contribution < 1.29 is 26.9 Å². The average Bonchev–Trinajstić information content (AvgIpc) is 3.66. The van der Waals surface area contributed by atoms with E-state index in [1.165, 1.54) is 12.1 Å². The number of pyridine rings is 1. The molecule has 0 bridgehead atoms. The molecule has 306 valence electrons. The first-order chi connectivity index (χ1) is 27.8. The Morgan fingerprint density at radius 3 is 2.57 bits per heavy atom. The van der Waals surface area contributed by atoms with E-state index in [0.29, 0.717) is 72.3 Å². The maximum absolute atomic E-state index is 14.7. The summed E-state index contributed by atoms with van der Waals surface area (Å²) in [5.74, 6) is 0.298. The van der Waals surface area contributed by atoms with Crippen LogP contribution >= 0.6 is 0 Å². The number of hydrogen-bond donors (Lipinski definition) is 1. The third-order valence-electron chi connectivity index (χ3n) is 9.86. The Bertz CT molecular complexity index is 2470. The SMILES string of the molecule is Cc1ccc(S(=O)(=O)OCC/C=C\CCn2c(=O)c(N3CCN(C(=O)OC(C)(C)C)c4c(C)cccc43)cc3cnc(Nc4cnn(C5CCCCO5)c4)nc32)cc1. The number of benzene rings is 2. The van der Waals surface area contributed by atoms with Gasteiger partial charge in [0.1, 0.15) is 23.2 Å². The molecule has 58 heavy (non-hydrogen) atoms. The molecule has 1 fully saturated rings. The molecule has 0 radical (unpaired) electrons. The van der Waals surface area contributed by atoms with Gasteiger partial charge in [-0.15, -0.1) is 0 Å². The second-order valence-corrected chi connectivity index (χ2v) is 17.1. The van der Waals surface area contributed by atoms with Crippen molar-refractivity contribution in [1.29, 1.82) is 0 Å². The number of para-hydroxylation sites is 1. The monoisotopic (exact) mass is 810 g/mol. The van der Waals surface area contributed by atoms with E-state index in [4.69, 9.17) is 18.6 Å². The lowest BCUT2D eigenvalue weighted by atomic mass is 10.1. The van der Waals surface area contributed by atoms with E-state index in [1.807, 2.05) is 76.1 Å². The Morgan fingerprint density at radius 1 is 1.02 bits per heavy atom. The van der Waals surface area contributed by atoms with E-state index in [1.54, 1.807) is 44.7 Å². The fourth-order valence-corrected chi connectivity index (χ4v) is 7.98. The van der Waals surface area contributed by atoms with Crippen LogP contribution in [0.3, 0.4) is 0 Å². The summed E-state index contributed by atoms with van der Waals surface area (Å²) < 4.78 is 45.6. The predicted octanol–water partition coefficient (Wildman–Crippen LogP) is 7.68.